The summed E-state index contributed by atoms with van der Waals surface area (Å²) >= 11 is 1.11. The van der Waals surface area contributed by atoms with Gasteiger partial charge in [0.1, 0.15) is 9.88 Å². The van der Waals surface area contributed by atoms with Crippen molar-refractivity contribution in [2.75, 3.05) is 44.3 Å². The van der Waals surface area contributed by atoms with E-state index < -0.39 is 5.91 Å². The average molecular weight is 313 g/mol. The van der Waals surface area contributed by atoms with Crippen LogP contribution in [0.25, 0.3) is 0 Å². The highest BCUT2D eigenvalue weighted by Gasteiger charge is 2.23. The third-order valence-corrected chi connectivity index (χ3v) is 4.41. The molecule has 1 heterocycles. The van der Waals surface area contributed by atoms with E-state index in [2.05, 4.69) is 29.4 Å². The molecule has 1 aromatic rings. The lowest BCUT2D eigenvalue weighted by molar-refractivity contribution is 0.0965. The van der Waals surface area contributed by atoms with Gasteiger partial charge in [-0.05, 0) is 13.1 Å². The topological polar surface area (TPSA) is 113 Å². The van der Waals surface area contributed by atoms with E-state index in [0.29, 0.717) is 11.5 Å². The molecule has 0 unspecified atom stereocenters. The van der Waals surface area contributed by atoms with Crippen molar-refractivity contribution < 1.29 is 9.59 Å². The van der Waals surface area contributed by atoms with Gasteiger partial charge in [0.25, 0.3) is 11.8 Å². The fraction of sp³-hybridized carbons (Fsp3) is 0.538. The molecule has 6 N–H and O–H groups in total. The van der Waals surface area contributed by atoms with Gasteiger partial charge in [-0.3, -0.25) is 9.59 Å². The molecule has 0 aromatic carbocycles. The fourth-order valence-corrected chi connectivity index (χ4v) is 2.96. The second kappa shape index (κ2) is 7.84. The maximum absolute atomic E-state index is 11.9. The number of likely N-dealkylation sites (N-methyl/N-ethyl adjacent to an activating group) is 1. The smallest absolute Gasteiger partial charge is 0.260 e. The number of rotatable bonds is 8. The number of primary amides is 1. The summed E-state index contributed by atoms with van der Waals surface area (Å²) in [6, 6.07) is 0. The van der Waals surface area contributed by atoms with E-state index in [1.54, 1.807) is 0 Å². The standard InChI is InChI=1S/C13H23N5O2S/c1-4-18(5-2)7-6-17-13-8(12(20)16-3)9(14)10(21-13)11(15)19/h17H,4-7,14H2,1-3H3,(H2,15,19)(H,16,20). The van der Waals surface area contributed by atoms with Crippen molar-refractivity contribution in [3.8, 4) is 0 Å². The van der Waals surface area contributed by atoms with E-state index >= 15 is 0 Å². The van der Waals surface area contributed by atoms with Crippen LogP contribution >= 0.6 is 11.3 Å². The maximum atomic E-state index is 11.9. The number of nitrogen functional groups attached to an aromatic ring is 1. The minimum atomic E-state index is -0.626. The quantitative estimate of drug-likeness (QED) is 0.559. The summed E-state index contributed by atoms with van der Waals surface area (Å²) in [6.07, 6.45) is 0. The van der Waals surface area contributed by atoms with E-state index in [1.807, 2.05) is 0 Å². The van der Waals surface area contributed by atoms with E-state index in [-0.39, 0.29) is 22.0 Å². The molecule has 0 aliphatic heterocycles. The Labute approximate surface area is 128 Å². The number of carbonyl (C=O) groups is 2. The number of amides is 2. The molecule has 21 heavy (non-hydrogen) atoms. The highest BCUT2D eigenvalue weighted by Crippen LogP contribution is 2.35. The highest BCUT2D eigenvalue weighted by molar-refractivity contribution is 7.19. The summed E-state index contributed by atoms with van der Waals surface area (Å²) in [5.41, 5.74) is 11.6. The Balaban J connectivity index is 2.92. The maximum Gasteiger partial charge on any atom is 0.260 e. The summed E-state index contributed by atoms with van der Waals surface area (Å²) in [4.78, 5) is 25.7. The van der Waals surface area contributed by atoms with Crippen LogP contribution < -0.4 is 22.1 Å². The number of nitrogens with zero attached hydrogens (tertiary/aromatic N) is 1. The summed E-state index contributed by atoms with van der Waals surface area (Å²) in [5, 5.41) is 6.27. The Morgan fingerprint density at radius 3 is 2.38 bits per heavy atom. The van der Waals surface area contributed by atoms with Crippen LogP contribution in [0.15, 0.2) is 0 Å². The molecule has 1 rings (SSSR count). The van der Waals surface area contributed by atoms with Gasteiger partial charge in [0.05, 0.1) is 11.3 Å². The molecule has 0 bridgehead atoms. The second-order valence-corrected chi connectivity index (χ2v) is 5.47. The molecule has 118 valence electrons. The van der Waals surface area contributed by atoms with Crippen molar-refractivity contribution in [1.29, 1.82) is 0 Å². The number of hydrogen-bond acceptors (Lipinski definition) is 6. The molecule has 0 fully saturated rings. The average Bonchev–Trinajstić information content (AvgIpc) is 2.80. The lowest BCUT2D eigenvalue weighted by Gasteiger charge is -2.18. The molecule has 8 heteroatoms. The Hall–Kier alpha value is -1.80. The van der Waals surface area contributed by atoms with Gasteiger partial charge in [0.2, 0.25) is 0 Å². The fourth-order valence-electron chi connectivity index (χ4n) is 1.97. The van der Waals surface area contributed by atoms with Crippen molar-refractivity contribution in [2.24, 2.45) is 5.73 Å². The minimum absolute atomic E-state index is 0.136. The molecule has 0 saturated heterocycles. The third kappa shape index (κ3) is 4.08. The Morgan fingerprint density at radius 2 is 1.90 bits per heavy atom. The van der Waals surface area contributed by atoms with E-state index in [1.165, 1.54) is 7.05 Å². The van der Waals surface area contributed by atoms with Gasteiger partial charge in [0.15, 0.2) is 0 Å². The zero-order valence-corrected chi connectivity index (χ0v) is 13.5. The van der Waals surface area contributed by atoms with Crippen molar-refractivity contribution >= 4 is 33.8 Å². The van der Waals surface area contributed by atoms with Crippen molar-refractivity contribution in [2.45, 2.75) is 13.8 Å². The highest BCUT2D eigenvalue weighted by atomic mass is 32.1. The van der Waals surface area contributed by atoms with Crippen LogP contribution in [0.2, 0.25) is 0 Å². The first kappa shape index (κ1) is 17.3. The number of nitrogens with one attached hydrogen (secondary N) is 2. The predicted octanol–water partition coefficient (Wildman–Crippen LogP) is 0.543. The largest absolute Gasteiger partial charge is 0.397 e. The van der Waals surface area contributed by atoms with Gasteiger partial charge in [0, 0.05) is 20.1 Å². The molecule has 0 spiro atoms. The number of hydrogen-bond donors (Lipinski definition) is 4. The number of nitrogens with two attached hydrogens (primary N) is 2. The first-order valence-corrected chi connectivity index (χ1v) is 7.68. The molecule has 0 saturated carbocycles. The number of carbonyl (C=O) groups excluding carboxylic acids is 2. The predicted molar refractivity (Wildman–Crippen MR) is 86.9 cm³/mol. The van der Waals surface area contributed by atoms with Crippen LogP contribution in [0.1, 0.15) is 33.9 Å². The number of anilines is 2. The normalized spacial score (nSPS) is 10.7. The Bertz CT molecular complexity index is 511. The summed E-state index contributed by atoms with van der Waals surface area (Å²) < 4.78 is 0. The van der Waals surface area contributed by atoms with Gasteiger partial charge in [-0.25, -0.2) is 0 Å². The summed E-state index contributed by atoms with van der Waals surface area (Å²) in [5.74, 6) is -0.957. The van der Waals surface area contributed by atoms with Gasteiger partial charge in [-0.15, -0.1) is 11.3 Å². The lowest BCUT2D eigenvalue weighted by atomic mass is 10.2. The third-order valence-electron chi connectivity index (χ3n) is 3.23. The van der Waals surface area contributed by atoms with Crippen molar-refractivity contribution in [3.63, 3.8) is 0 Å². The van der Waals surface area contributed by atoms with Crippen molar-refractivity contribution in [3.05, 3.63) is 10.4 Å². The Kier molecular flexibility index (Phi) is 6.44. The van der Waals surface area contributed by atoms with Crippen LogP contribution in [-0.4, -0.2) is 49.9 Å². The molecular formula is C13H23N5O2S. The zero-order valence-electron chi connectivity index (χ0n) is 12.7. The van der Waals surface area contributed by atoms with E-state index in [9.17, 15) is 9.59 Å². The molecule has 2 amide bonds. The van der Waals surface area contributed by atoms with Gasteiger partial charge < -0.3 is 27.0 Å². The number of thiophene rings is 1. The summed E-state index contributed by atoms with van der Waals surface area (Å²) in [6.45, 7) is 7.59. The van der Waals surface area contributed by atoms with Crippen LogP contribution in [0.3, 0.4) is 0 Å². The van der Waals surface area contributed by atoms with E-state index in [4.69, 9.17) is 11.5 Å². The molecule has 7 nitrogen and oxygen atoms in total. The first-order chi connectivity index (χ1) is 9.96. The summed E-state index contributed by atoms with van der Waals surface area (Å²) in [7, 11) is 1.52. The van der Waals surface area contributed by atoms with Gasteiger partial charge >= 0.3 is 0 Å². The molecule has 0 aliphatic carbocycles. The first-order valence-electron chi connectivity index (χ1n) is 6.86. The van der Waals surface area contributed by atoms with Crippen molar-refractivity contribution in [1.82, 2.24) is 10.2 Å². The zero-order chi connectivity index (χ0) is 16.0. The molecule has 0 radical (unpaired) electrons. The monoisotopic (exact) mass is 313 g/mol. The van der Waals surface area contributed by atoms with Crippen LogP contribution in [0.5, 0.6) is 0 Å². The van der Waals surface area contributed by atoms with Crippen LogP contribution in [-0.2, 0) is 0 Å². The SMILES string of the molecule is CCN(CC)CCNc1sc(C(N)=O)c(N)c1C(=O)NC. The van der Waals surface area contributed by atoms with E-state index in [0.717, 1.165) is 31.0 Å². The van der Waals surface area contributed by atoms with Crippen LogP contribution in [0, 0.1) is 0 Å². The van der Waals surface area contributed by atoms with Crippen LogP contribution in [0.4, 0.5) is 10.7 Å². The minimum Gasteiger partial charge on any atom is -0.397 e. The molecular weight excluding hydrogens is 290 g/mol. The second-order valence-electron chi connectivity index (χ2n) is 4.45. The Morgan fingerprint density at radius 1 is 1.29 bits per heavy atom. The van der Waals surface area contributed by atoms with Gasteiger partial charge in [-0.2, -0.15) is 0 Å². The molecule has 0 aliphatic rings. The molecule has 1 aromatic heterocycles. The molecule has 0 atom stereocenters. The van der Waals surface area contributed by atoms with Gasteiger partial charge in [-0.1, -0.05) is 13.8 Å². The lowest BCUT2D eigenvalue weighted by Crippen LogP contribution is -2.29.